The maximum absolute atomic E-state index is 12.2. The van der Waals surface area contributed by atoms with Crippen molar-refractivity contribution in [1.82, 2.24) is 0 Å². The summed E-state index contributed by atoms with van der Waals surface area (Å²) in [6.07, 6.45) is 8.70. The number of benzene rings is 1. The van der Waals surface area contributed by atoms with Crippen molar-refractivity contribution in [3.8, 4) is 11.5 Å². The van der Waals surface area contributed by atoms with Gasteiger partial charge in [0, 0.05) is 43.1 Å². The number of ether oxygens (including phenoxy) is 3. The SMILES string of the molecule is COc1ccc(N(C)[C@H]2CC(=O)OC3=CC=CCC32)cc1OC(=O)CCCCCl. The van der Waals surface area contributed by atoms with Crippen LogP contribution in [0.2, 0.25) is 0 Å². The van der Waals surface area contributed by atoms with E-state index in [1.165, 1.54) is 7.11 Å². The molecule has 1 saturated heterocycles. The first kappa shape index (κ1) is 21.2. The topological polar surface area (TPSA) is 65.1 Å². The molecule has 1 aliphatic carbocycles. The number of fused-ring (bicyclic) bond motifs is 1. The number of nitrogens with zero attached hydrogens (tertiary/aromatic N) is 1. The van der Waals surface area contributed by atoms with Gasteiger partial charge in [-0.1, -0.05) is 12.2 Å². The molecule has 156 valence electrons. The molecule has 3 rings (SSSR count). The number of rotatable bonds is 8. The Labute approximate surface area is 176 Å². The Kier molecular flexibility index (Phi) is 7.20. The molecule has 2 aliphatic rings. The summed E-state index contributed by atoms with van der Waals surface area (Å²) in [5, 5.41) is 0. The number of hydrogen-bond donors (Lipinski definition) is 0. The summed E-state index contributed by atoms with van der Waals surface area (Å²) in [6, 6.07) is 5.39. The Morgan fingerprint density at radius 1 is 1.31 bits per heavy atom. The molecule has 1 fully saturated rings. The third-order valence-corrected chi connectivity index (χ3v) is 5.53. The smallest absolute Gasteiger partial charge is 0.312 e. The van der Waals surface area contributed by atoms with Gasteiger partial charge in [0.15, 0.2) is 11.5 Å². The Morgan fingerprint density at radius 2 is 2.14 bits per heavy atom. The maximum Gasteiger partial charge on any atom is 0.312 e. The third kappa shape index (κ3) is 5.12. The minimum Gasteiger partial charge on any atom is -0.493 e. The lowest BCUT2D eigenvalue weighted by Gasteiger charge is -2.40. The molecule has 0 N–H and O–H groups in total. The summed E-state index contributed by atoms with van der Waals surface area (Å²) >= 11 is 5.66. The molecule has 0 amide bonds. The van der Waals surface area contributed by atoms with Crippen LogP contribution in [-0.2, 0) is 14.3 Å². The highest BCUT2D eigenvalue weighted by Gasteiger charge is 2.37. The van der Waals surface area contributed by atoms with E-state index < -0.39 is 0 Å². The summed E-state index contributed by atoms with van der Waals surface area (Å²) in [7, 11) is 3.47. The molecule has 1 heterocycles. The lowest BCUT2D eigenvalue weighted by molar-refractivity contribution is -0.144. The molecule has 0 radical (unpaired) electrons. The van der Waals surface area contributed by atoms with Crippen molar-refractivity contribution in [1.29, 1.82) is 0 Å². The number of carbonyl (C=O) groups excluding carboxylic acids is 2. The fourth-order valence-electron chi connectivity index (χ4n) is 3.67. The molecule has 0 aromatic heterocycles. The Bertz CT molecular complexity index is 819. The third-order valence-electron chi connectivity index (χ3n) is 5.26. The van der Waals surface area contributed by atoms with E-state index in [2.05, 4.69) is 6.08 Å². The van der Waals surface area contributed by atoms with Crippen LogP contribution in [0.4, 0.5) is 5.69 Å². The number of hydrogen-bond acceptors (Lipinski definition) is 6. The van der Waals surface area contributed by atoms with Crippen molar-refractivity contribution >= 4 is 29.2 Å². The highest BCUT2D eigenvalue weighted by Crippen LogP contribution is 2.38. The quantitative estimate of drug-likeness (QED) is 0.272. The number of anilines is 1. The van der Waals surface area contributed by atoms with Crippen molar-refractivity contribution in [3.05, 3.63) is 42.2 Å². The second-order valence-electron chi connectivity index (χ2n) is 7.15. The Morgan fingerprint density at radius 3 is 2.90 bits per heavy atom. The van der Waals surface area contributed by atoms with Crippen LogP contribution in [0.5, 0.6) is 11.5 Å². The molecule has 6 nitrogen and oxygen atoms in total. The average Bonchev–Trinajstić information content (AvgIpc) is 2.72. The lowest BCUT2D eigenvalue weighted by atomic mass is 9.86. The molecule has 7 heteroatoms. The summed E-state index contributed by atoms with van der Waals surface area (Å²) in [4.78, 5) is 26.3. The normalized spacial score (nSPS) is 20.4. The predicted molar refractivity (Wildman–Crippen MR) is 111 cm³/mol. The van der Waals surface area contributed by atoms with E-state index in [0.29, 0.717) is 42.4 Å². The first-order valence-corrected chi connectivity index (χ1v) is 10.3. The highest BCUT2D eigenvalue weighted by atomic mass is 35.5. The van der Waals surface area contributed by atoms with Crippen LogP contribution in [0.25, 0.3) is 0 Å². The molecule has 1 aromatic carbocycles. The van der Waals surface area contributed by atoms with Crippen LogP contribution in [0.1, 0.15) is 32.1 Å². The van der Waals surface area contributed by atoms with Crippen LogP contribution in [0, 0.1) is 5.92 Å². The van der Waals surface area contributed by atoms with E-state index in [4.69, 9.17) is 25.8 Å². The van der Waals surface area contributed by atoms with Gasteiger partial charge < -0.3 is 19.1 Å². The van der Waals surface area contributed by atoms with Gasteiger partial charge in [-0.15, -0.1) is 11.6 Å². The van der Waals surface area contributed by atoms with Crippen LogP contribution in [0.15, 0.2) is 42.2 Å². The van der Waals surface area contributed by atoms with Gasteiger partial charge in [-0.25, -0.2) is 0 Å². The van der Waals surface area contributed by atoms with Crippen LogP contribution < -0.4 is 14.4 Å². The van der Waals surface area contributed by atoms with Crippen LogP contribution in [-0.4, -0.2) is 38.0 Å². The molecular formula is C22H26ClNO5. The standard InChI is InChI=1S/C22H26ClNO5/c1-24(17-14-22(26)28-18-8-4-3-7-16(17)18)15-10-11-19(27-2)20(13-15)29-21(25)9-5-6-12-23/h3-4,8,10-11,13,16-17H,5-7,9,12,14H2,1-2H3/t16?,17-/m0/s1. The fourth-order valence-corrected chi connectivity index (χ4v) is 3.86. The first-order valence-electron chi connectivity index (χ1n) is 9.78. The van der Waals surface area contributed by atoms with E-state index in [-0.39, 0.29) is 23.9 Å². The minimum absolute atomic E-state index is 0.0480. The van der Waals surface area contributed by atoms with Crippen molar-refractivity contribution < 1.29 is 23.8 Å². The Balaban J connectivity index is 1.79. The van der Waals surface area contributed by atoms with Gasteiger partial charge in [-0.2, -0.15) is 0 Å². The lowest BCUT2D eigenvalue weighted by Crippen LogP contribution is -2.45. The summed E-state index contributed by atoms with van der Waals surface area (Å²) < 4.78 is 16.3. The van der Waals surface area contributed by atoms with Crippen LogP contribution in [0.3, 0.4) is 0 Å². The maximum atomic E-state index is 12.2. The van der Waals surface area contributed by atoms with Crippen LogP contribution >= 0.6 is 11.6 Å². The van der Waals surface area contributed by atoms with Gasteiger partial charge in [-0.05, 0) is 37.5 Å². The number of esters is 2. The molecule has 1 unspecified atom stereocenters. The Hall–Kier alpha value is -2.47. The zero-order chi connectivity index (χ0) is 20.8. The molecule has 0 bridgehead atoms. The van der Waals surface area contributed by atoms with Gasteiger partial charge >= 0.3 is 11.9 Å². The summed E-state index contributed by atoms with van der Waals surface area (Å²) in [6.45, 7) is 0. The fraction of sp³-hybridized carbons (Fsp3) is 0.455. The number of alkyl halides is 1. The second kappa shape index (κ2) is 9.83. The predicted octanol–water partition coefficient (Wildman–Crippen LogP) is 4.22. The van der Waals surface area contributed by atoms with Crippen molar-refractivity contribution in [3.63, 3.8) is 0 Å². The number of methoxy groups -OCH3 is 1. The van der Waals surface area contributed by atoms with E-state index in [1.807, 2.05) is 30.2 Å². The number of allylic oxidation sites excluding steroid dienone is 3. The van der Waals surface area contributed by atoms with E-state index >= 15 is 0 Å². The molecule has 0 saturated carbocycles. The molecule has 1 aromatic rings. The second-order valence-corrected chi connectivity index (χ2v) is 7.53. The average molecular weight is 420 g/mol. The first-order chi connectivity index (χ1) is 14.0. The largest absolute Gasteiger partial charge is 0.493 e. The van der Waals surface area contributed by atoms with Gasteiger partial charge in [0.05, 0.1) is 13.5 Å². The summed E-state index contributed by atoms with van der Waals surface area (Å²) in [5.41, 5.74) is 0.836. The zero-order valence-electron chi connectivity index (χ0n) is 16.7. The highest BCUT2D eigenvalue weighted by molar-refractivity contribution is 6.17. The van der Waals surface area contributed by atoms with E-state index in [9.17, 15) is 9.59 Å². The number of unbranched alkanes of at least 4 members (excludes halogenated alkanes) is 1. The molecule has 1 aliphatic heterocycles. The minimum atomic E-state index is -0.322. The molecule has 29 heavy (non-hydrogen) atoms. The molecule has 2 atom stereocenters. The number of halogens is 1. The van der Waals surface area contributed by atoms with Gasteiger partial charge in [-0.3, -0.25) is 9.59 Å². The number of carbonyl (C=O) groups is 2. The summed E-state index contributed by atoms with van der Waals surface area (Å²) in [5.74, 6) is 1.62. The zero-order valence-corrected chi connectivity index (χ0v) is 17.5. The molecular weight excluding hydrogens is 394 g/mol. The monoisotopic (exact) mass is 419 g/mol. The van der Waals surface area contributed by atoms with Gasteiger partial charge in [0.1, 0.15) is 5.76 Å². The van der Waals surface area contributed by atoms with Crippen molar-refractivity contribution in [2.24, 2.45) is 5.92 Å². The van der Waals surface area contributed by atoms with E-state index in [0.717, 1.165) is 18.5 Å². The van der Waals surface area contributed by atoms with Crippen molar-refractivity contribution in [2.75, 3.05) is 24.9 Å². The van der Waals surface area contributed by atoms with Gasteiger partial charge in [0.25, 0.3) is 0 Å². The molecule has 0 spiro atoms. The van der Waals surface area contributed by atoms with E-state index in [1.54, 1.807) is 12.1 Å². The van der Waals surface area contributed by atoms with Gasteiger partial charge in [0.2, 0.25) is 0 Å². The van der Waals surface area contributed by atoms with Crippen molar-refractivity contribution in [2.45, 2.75) is 38.1 Å².